The first-order valence-electron chi connectivity index (χ1n) is 2.94. The SMILES string of the molecule is NC(=O)NC(CC(=O)S)C(=O)O. The third-order valence-electron chi connectivity index (χ3n) is 0.993. The van der Waals surface area contributed by atoms with Gasteiger partial charge in [-0.25, -0.2) is 9.59 Å². The van der Waals surface area contributed by atoms with Crippen LogP contribution in [-0.4, -0.2) is 28.3 Å². The Bertz CT molecular complexity index is 201. The summed E-state index contributed by atoms with van der Waals surface area (Å²) in [6.07, 6.45) is -0.388. The van der Waals surface area contributed by atoms with E-state index in [9.17, 15) is 14.4 Å². The van der Waals surface area contributed by atoms with Crippen LogP contribution >= 0.6 is 12.6 Å². The lowest BCUT2D eigenvalue weighted by Gasteiger charge is -2.09. The number of carbonyl (C=O) groups excluding carboxylic acids is 2. The Hall–Kier alpha value is -1.24. The normalized spacial score (nSPS) is 11.8. The summed E-state index contributed by atoms with van der Waals surface area (Å²) in [5.41, 5.74) is 4.66. The van der Waals surface area contributed by atoms with Crippen molar-refractivity contribution < 1.29 is 19.5 Å². The molecule has 0 saturated carbocycles. The second-order valence-electron chi connectivity index (χ2n) is 2.00. The molecular formula is C5H8N2O4S. The van der Waals surface area contributed by atoms with E-state index in [0.29, 0.717) is 0 Å². The van der Waals surface area contributed by atoms with Crippen molar-refractivity contribution in [2.75, 3.05) is 0 Å². The summed E-state index contributed by atoms with van der Waals surface area (Å²) in [6, 6.07) is -2.29. The predicted octanol–water partition coefficient (Wildman–Crippen LogP) is -1.05. The molecule has 0 radical (unpaired) electrons. The molecule has 4 N–H and O–H groups in total. The van der Waals surface area contributed by atoms with E-state index < -0.39 is 23.2 Å². The summed E-state index contributed by atoms with van der Waals surface area (Å²) in [5.74, 6) is -1.32. The van der Waals surface area contributed by atoms with E-state index in [1.165, 1.54) is 0 Å². The number of primary amides is 1. The minimum atomic E-state index is -1.32. The number of carboxylic acid groups (broad SMARTS) is 1. The van der Waals surface area contributed by atoms with Crippen LogP contribution in [0.3, 0.4) is 0 Å². The average Bonchev–Trinajstić information content (AvgIpc) is 1.83. The van der Waals surface area contributed by atoms with Crippen molar-refractivity contribution in [2.24, 2.45) is 5.73 Å². The van der Waals surface area contributed by atoms with Crippen molar-refractivity contribution in [2.45, 2.75) is 12.5 Å². The maximum Gasteiger partial charge on any atom is 0.326 e. The molecule has 0 spiro atoms. The minimum absolute atomic E-state index is 0.388. The smallest absolute Gasteiger partial charge is 0.326 e. The molecule has 0 aromatic rings. The summed E-state index contributed by atoms with van der Waals surface area (Å²) in [5, 5.41) is 9.67. The number of nitrogens with one attached hydrogen (secondary N) is 1. The molecule has 0 aromatic carbocycles. The number of urea groups is 1. The Kier molecular flexibility index (Phi) is 4.12. The van der Waals surface area contributed by atoms with Crippen LogP contribution in [-0.2, 0) is 9.59 Å². The second-order valence-corrected chi connectivity index (χ2v) is 2.50. The van der Waals surface area contributed by atoms with Crippen molar-refractivity contribution in [3.63, 3.8) is 0 Å². The topological polar surface area (TPSA) is 109 Å². The van der Waals surface area contributed by atoms with Crippen LogP contribution in [0.5, 0.6) is 0 Å². The van der Waals surface area contributed by atoms with E-state index in [4.69, 9.17) is 5.11 Å². The number of hydrogen-bond acceptors (Lipinski definition) is 3. The molecule has 12 heavy (non-hydrogen) atoms. The molecule has 0 fully saturated rings. The molecular weight excluding hydrogens is 184 g/mol. The molecule has 0 aliphatic heterocycles. The van der Waals surface area contributed by atoms with Crippen molar-refractivity contribution in [3.8, 4) is 0 Å². The number of carboxylic acids is 1. The summed E-state index contributed by atoms with van der Waals surface area (Å²) >= 11 is 3.36. The van der Waals surface area contributed by atoms with Gasteiger partial charge in [-0.1, -0.05) is 0 Å². The summed E-state index contributed by atoms with van der Waals surface area (Å²) in [4.78, 5) is 30.9. The first-order valence-corrected chi connectivity index (χ1v) is 3.38. The summed E-state index contributed by atoms with van der Waals surface area (Å²) in [6.45, 7) is 0. The Labute approximate surface area is 73.5 Å². The molecule has 7 heteroatoms. The number of carbonyl (C=O) groups is 3. The second kappa shape index (κ2) is 4.60. The molecule has 2 amide bonds. The zero-order chi connectivity index (χ0) is 9.72. The van der Waals surface area contributed by atoms with Crippen LogP contribution in [0.15, 0.2) is 0 Å². The molecule has 6 nitrogen and oxygen atoms in total. The van der Waals surface area contributed by atoms with E-state index in [1.54, 1.807) is 0 Å². The first kappa shape index (κ1) is 10.8. The van der Waals surface area contributed by atoms with Gasteiger partial charge in [0, 0.05) is 6.42 Å². The zero-order valence-corrected chi connectivity index (χ0v) is 6.88. The molecule has 1 atom stereocenters. The van der Waals surface area contributed by atoms with Gasteiger partial charge in [-0.2, -0.15) is 0 Å². The van der Waals surface area contributed by atoms with Crippen molar-refractivity contribution in [1.82, 2.24) is 5.32 Å². The number of amides is 2. The monoisotopic (exact) mass is 192 g/mol. The Morgan fingerprint density at radius 1 is 1.50 bits per heavy atom. The number of nitrogens with two attached hydrogens (primary N) is 1. The van der Waals surface area contributed by atoms with Crippen LogP contribution in [0, 0.1) is 0 Å². The van der Waals surface area contributed by atoms with Crippen LogP contribution < -0.4 is 11.1 Å². The maximum atomic E-state index is 10.3. The lowest BCUT2D eigenvalue weighted by molar-refractivity contribution is -0.140. The van der Waals surface area contributed by atoms with Gasteiger partial charge >= 0.3 is 12.0 Å². The molecule has 0 bridgehead atoms. The van der Waals surface area contributed by atoms with Crippen LogP contribution in [0.2, 0.25) is 0 Å². The van der Waals surface area contributed by atoms with Gasteiger partial charge in [0.25, 0.3) is 0 Å². The molecule has 0 aliphatic carbocycles. The van der Waals surface area contributed by atoms with Gasteiger partial charge in [0.05, 0.1) is 0 Å². The van der Waals surface area contributed by atoms with E-state index >= 15 is 0 Å². The zero-order valence-electron chi connectivity index (χ0n) is 5.98. The van der Waals surface area contributed by atoms with E-state index in [-0.39, 0.29) is 6.42 Å². The van der Waals surface area contributed by atoms with E-state index in [0.717, 1.165) is 0 Å². The van der Waals surface area contributed by atoms with Crippen molar-refractivity contribution in [1.29, 1.82) is 0 Å². The molecule has 68 valence electrons. The van der Waals surface area contributed by atoms with Gasteiger partial charge in [0.15, 0.2) is 5.12 Å². The molecule has 0 heterocycles. The highest BCUT2D eigenvalue weighted by Gasteiger charge is 2.20. The number of hydrogen-bond donors (Lipinski definition) is 4. The third kappa shape index (κ3) is 4.56. The molecule has 0 aromatic heterocycles. The minimum Gasteiger partial charge on any atom is -0.480 e. The number of rotatable bonds is 4. The Morgan fingerprint density at radius 3 is 2.25 bits per heavy atom. The van der Waals surface area contributed by atoms with Gasteiger partial charge in [-0.15, -0.1) is 12.6 Å². The third-order valence-corrected chi connectivity index (χ3v) is 1.18. The number of aliphatic carboxylic acids is 1. The molecule has 0 saturated heterocycles. The molecule has 1 unspecified atom stereocenters. The largest absolute Gasteiger partial charge is 0.480 e. The van der Waals surface area contributed by atoms with Gasteiger partial charge in [0.1, 0.15) is 6.04 Å². The summed E-state index contributed by atoms with van der Waals surface area (Å²) < 4.78 is 0. The lowest BCUT2D eigenvalue weighted by Crippen LogP contribution is -2.44. The fourth-order valence-electron chi connectivity index (χ4n) is 0.546. The lowest BCUT2D eigenvalue weighted by atomic mass is 10.2. The maximum absolute atomic E-state index is 10.3. The molecule has 0 aliphatic rings. The van der Waals surface area contributed by atoms with Crippen LogP contribution in [0.25, 0.3) is 0 Å². The Balaban J connectivity index is 4.14. The van der Waals surface area contributed by atoms with E-state index in [1.807, 2.05) is 5.32 Å². The first-order chi connectivity index (χ1) is 5.43. The van der Waals surface area contributed by atoms with Gasteiger partial charge in [-0.05, 0) is 0 Å². The molecule has 0 rings (SSSR count). The Morgan fingerprint density at radius 2 is 2.00 bits per heavy atom. The van der Waals surface area contributed by atoms with Crippen molar-refractivity contribution in [3.05, 3.63) is 0 Å². The van der Waals surface area contributed by atoms with Crippen LogP contribution in [0.4, 0.5) is 4.79 Å². The summed E-state index contributed by atoms with van der Waals surface area (Å²) in [7, 11) is 0. The predicted molar refractivity (Wildman–Crippen MR) is 42.8 cm³/mol. The average molecular weight is 192 g/mol. The van der Waals surface area contributed by atoms with Gasteiger partial charge < -0.3 is 16.2 Å². The van der Waals surface area contributed by atoms with Crippen LogP contribution in [0.1, 0.15) is 6.42 Å². The highest BCUT2D eigenvalue weighted by molar-refractivity contribution is 7.96. The van der Waals surface area contributed by atoms with Gasteiger partial charge in [-0.3, -0.25) is 4.79 Å². The van der Waals surface area contributed by atoms with Gasteiger partial charge in [0.2, 0.25) is 0 Å². The highest BCUT2D eigenvalue weighted by Crippen LogP contribution is 1.96. The highest BCUT2D eigenvalue weighted by atomic mass is 32.1. The fraction of sp³-hybridized carbons (Fsp3) is 0.400. The van der Waals surface area contributed by atoms with E-state index in [2.05, 4.69) is 18.4 Å². The standard InChI is InChI=1S/C5H8N2O4S/c6-5(11)7-2(4(9)10)1-3(8)12/h2H,1H2,(H,8,12)(H,9,10)(H3,6,7,11). The quantitative estimate of drug-likeness (QED) is 0.426. The number of thiol groups is 1. The van der Waals surface area contributed by atoms with Crippen molar-refractivity contribution >= 4 is 29.7 Å². The fourth-order valence-corrected chi connectivity index (χ4v) is 0.729.